The molecule has 0 aliphatic heterocycles. The second-order valence-electron chi connectivity index (χ2n) is 2.05. The lowest BCUT2D eigenvalue weighted by molar-refractivity contribution is -0.136. The Hall–Kier alpha value is -0.810. The average molecular weight is 207 g/mol. The van der Waals surface area contributed by atoms with Gasteiger partial charge in [-0.2, -0.15) is 0 Å². The van der Waals surface area contributed by atoms with E-state index in [-0.39, 0.29) is 6.42 Å². The van der Waals surface area contributed by atoms with Gasteiger partial charge in [-0.1, -0.05) is 11.6 Å². The molecule has 0 amide bonds. The normalized spacial score (nSPS) is 9.75. The first-order chi connectivity index (χ1) is 5.68. The van der Waals surface area contributed by atoms with Gasteiger partial charge in [-0.05, 0) is 0 Å². The summed E-state index contributed by atoms with van der Waals surface area (Å²) in [7, 11) is 0. The van der Waals surface area contributed by atoms with Crippen molar-refractivity contribution in [3.63, 3.8) is 0 Å². The molecule has 0 aromatic carbocycles. The first-order valence-corrected chi connectivity index (χ1v) is 4.51. The number of rotatable bonds is 4. The molecule has 1 aromatic rings. The van der Waals surface area contributed by atoms with E-state index >= 15 is 0 Å². The Balaban J connectivity index is 2.29. The van der Waals surface area contributed by atoms with E-state index in [9.17, 15) is 4.79 Å². The molecule has 0 aliphatic rings. The molecule has 0 fully saturated rings. The molecule has 0 aliphatic carbocycles. The zero-order valence-corrected chi connectivity index (χ0v) is 7.65. The van der Waals surface area contributed by atoms with Crippen LogP contribution >= 0.6 is 22.9 Å². The molecule has 1 rings (SSSR count). The average Bonchev–Trinajstić information content (AvgIpc) is 2.35. The van der Waals surface area contributed by atoms with E-state index in [1.54, 1.807) is 5.38 Å². The van der Waals surface area contributed by atoms with Crippen LogP contribution in [-0.4, -0.2) is 22.6 Å². The highest BCUT2D eigenvalue weighted by atomic mass is 35.5. The van der Waals surface area contributed by atoms with Gasteiger partial charge >= 0.3 is 5.97 Å². The van der Waals surface area contributed by atoms with E-state index in [4.69, 9.17) is 16.7 Å². The second kappa shape index (κ2) is 4.27. The highest BCUT2D eigenvalue weighted by molar-refractivity contribution is 7.14. The van der Waals surface area contributed by atoms with Crippen molar-refractivity contribution in [1.82, 2.24) is 4.98 Å². The lowest BCUT2D eigenvalue weighted by Gasteiger charge is -1.97. The van der Waals surface area contributed by atoms with Crippen molar-refractivity contribution in [2.24, 2.45) is 0 Å². The third-order valence-corrected chi connectivity index (χ3v) is 2.21. The maximum Gasteiger partial charge on any atom is 0.305 e. The topological polar surface area (TPSA) is 62.2 Å². The van der Waals surface area contributed by atoms with Crippen molar-refractivity contribution in [3.05, 3.63) is 10.5 Å². The highest BCUT2D eigenvalue weighted by Gasteiger charge is 1.99. The van der Waals surface area contributed by atoms with Crippen LogP contribution in [-0.2, 0) is 4.79 Å². The van der Waals surface area contributed by atoms with Crippen LogP contribution in [0.1, 0.15) is 6.42 Å². The summed E-state index contributed by atoms with van der Waals surface area (Å²) in [6.07, 6.45) is 0.0806. The molecule has 0 saturated carbocycles. The van der Waals surface area contributed by atoms with Crippen molar-refractivity contribution in [1.29, 1.82) is 0 Å². The zero-order valence-electron chi connectivity index (χ0n) is 6.08. The van der Waals surface area contributed by atoms with Crippen LogP contribution in [0.5, 0.6) is 0 Å². The fourth-order valence-electron chi connectivity index (χ4n) is 0.612. The molecule has 4 nitrogen and oxygen atoms in total. The predicted molar refractivity (Wildman–Crippen MR) is 47.9 cm³/mol. The lowest BCUT2D eigenvalue weighted by Crippen LogP contribution is -2.06. The Morgan fingerprint density at radius 3 is 3.08 bits per heavy atom. The maximum absolute atomic E-state index is 10.1. The Labute approximate surface area is 78.2 Å². The molecule has 12 heavy (non-hydrogen) atoms. The fourth-order valence-corrected chi connectivity index (χ4v) is 1.48. The van der Waals surface area contributed by atoms with Crippen LogP contribution in [0.3, 0.4) is 0 Å². The monoisotopic (exact) mass is 206 g/mol. The van der Waals surface area contributed by atoms with E-state index < -0.39 is 5.97 Å². The third-order valence-electron chi connectivity index (χ3n) is 1.09. The number of carboxylic acids is 1. The number of hydrogen-bond acceptors (Lipinski definition) is 4. The summed E-state index contributed by atoms with van der Waals surface area (Å²) >= 11 is 6.90. The summed E-state index contributed by atoms with van der Waals surface area (Å²) in [6, 6.07) is 0. The van der Waals surface area contributed by atoms with Crippen LogP contribution in [0, 0.1) is 0 Å². The number of nitrogens with one attached hydrogen (secondary N) is 1. The Kier molecular flexibility index (Phi) is 3.31. The van der Waals surface area contributed by atoms with Crippen LogP contribution in [0.2, 0.25) is 5.15 Å². The Bertz CT molecular complexity index is 276. The fraction of sp³-hybridized carbons (Fsp3) is 0.333. The van der Waals surface area contributed by atoms with Crippen molar-refractivity contribution >= 4 is 34.0 Å². The van der Waals surface area contributed by atoms with Gasteiger partial charge in [-0.3, -0.25) is 4.79 Å². The van der Waals surface area contributed by atoms with E-state index in [0.717, 1.165) is 0 Å². The van der Waals surface area contributed by atoms with E-state index in [1.165, 1.54) is 11.3 Å². The molecule has 0 spiro atoms. The molecule has 0 bridgehead atoms. The summed E-state index contributed by atoms with van der Waals surface area (Å²) in [5.74, 6) is -0.829. The van der Waals surface area contributed by atoms with E-state index in [2.05, 4.69) is 10.3 Å². The van der Waals surface area contributed by atoms with E-state index in [0.29, 0.717) is 16.8 Å². The van der Waals surface area contributed by atoms with Crippen molar-refractivity contribution in [3.8, 4) is 0 Å². The number of carbonyl (C=O) groups is 1. The largest absolute Gasteiger partial charge is 0.481 e. The first-order valence-electron chi connectivity index (χ1n) is 3.25. The van der Waals surface area contributed by atoms with Gasteiger partial charge in [0.05, 0.1) is 6.42 Å². The molecule has 0 unspecified atom stereocenters. The Morgan fingerprint density at radius 2 is 2.58 bits per heavy atom. The summed E-state index contributed by atoms with van der Waals surface area (Å²) in [4.78, 5) is 14.0. The predicted octanol–water partition coefficient (Wildman–Crippen LogP) is 1.68. The SMILES string of the molecule is O=C(O)CCNc1nc(Cl)cs1. The number of halogens is 1. The molecule has 0 saturated heterocycles. The van der Waals surface area contributed by atoms with Gasteiger partial charge in [0.2, 0.25) is 0 Å². The van der Waals surface area contributed by atoms with Gasteiger partial charge in [0.15, 0.2) is 5.13 Å². The summed E-state index contributed by atoms with van der Waals surface area (Å²) in [5, 5.41) is 13.9. The Morgan fingerprint density at radius 1 is 1.83 bits per heavy atom. The number of nitrogens with zero attached hydrogens (tertiary/aromatic N) is 1. The number of carboxylic acid groups (broad SMARTS) is 1. The number of hydrogen-bond donors (Lipinski definition) is 2. The van der Waals surface area contributed by atoms with Gasteiger partial charge < -0.3 is 10.4 Å². The van der Waals surface area contributed by atoms with Gasteiger partial charge in [0, 0.05) is 11.9 Å². The number of anilines is 1. The van der Waals surface area contributed by atoms with E-state index in [1.807, 2.05) is 0 Å². The molecule has 0 radical (unpaired) electrons. The summed E-state index contributed by atoms with van der Waals surface area (Å²) in [6.45, 7) is 0.374. The number of aromatic nitrogens is 1. The molecule has 1 aromatic heterocycles. The first kappa shape index (κ1) is 9.28. The molecular weight excluding hydrogens is 200 g/mol. The molecule has 66 valence electrons. The lowest BCUT2D eigenvalue weighted by atomic mass is 10.4. The van der Waals surface area contributed by atoms with Crippen LogP contribution in [0.25, 0.3) is 0 Å². The summed E-state index contributed by atoms with van der Waals surface area (Å²) < 4.78 is 0. The van der Waals surface area contributed by atoms with Gasteiger partial charge in [-0.15, -0.1) is 11.3 Å². The van der Waals surface area contributed by atoms with Gasteiger partial charge in [-0.25, -0.2) is 4.98 Å². The molecule has 0 atom stereocenters. The van der Waals surface area contributed by atoms with Crippen LogP contribution in [0.15, 0.2) is 5.38 Å². The smallest absolute Gasteiger partial charge is 0.305 e. The minimum atomic E-state index is -0.829. The van der Waals surface area contributed by atoms with Crippen LogP contribution in [0.4, 0.5) is 5.13 Å². The van der Waals surface area contributed by atoms with Crippen molar-refractivity contribution in [2.75, 3.05) is 11.9 Å². The summed E-state index contributed by atoms with van der Waals surface area (Å²) in [5.41, 5.74) is 0. The molecular formula is C6H7ClN2O2S. The highest BCUT2D eigenvalue weighted by Crippen LogP contribution is 2.18. The van der Waals surface area contributed by atoms with Gasteiger partial charge in [0.1, 0.15) is 5.15 Å². The molecule has 1 heterocycles. The van der Waals surface area contributed by atoms with Crippen molar-refractivity contribution < 1.29 is 9.90 Å². The minimum absolute atomic E-state index is 0.0806. The zero-order chi connectivity index (χ0) is 8.97. The molecule has 2 N–H and O–H groups in total. The number of aliphatic carboxylic acids is 1. The van der Waals surface area contributed by atoms with Gasteiger partial charge in [0.25, 0.3) is 0 Å². The maximum atomic E-state index is 10.1. The van der Waals surface area contributed by atoms with Crippen LogP contribution < -0.4 is 5.32 Å². The van der Waals surface area contributed by atoms with Crippen molar-refractivity contribution in [2.45, 2.75) is 6.42 Å². The standard InChI is InChI=1S/C6H7ClN2O2S/c7-4-3-12-6(9-4)8-2-1-5(10)11/h3H,1-2H2,(H,8,9)(H,10,11). The minimum Gasteiger partial charge on any atom is -0.481 e. The quantitative estimate of drug-likeness (QED) is 0.787. The second-order valence-corrected chi connectivity index (χ2v) is 3.29. The molecule has 6 heteroatoms. The number of thiazole rings is 1. The third kappa shape index (κ3) is 3.06.